The van der Waals surface area contributed by atoms with Crippen LogP contribution in [0.2, 0.25) is 0 Å². The van der Waals surface area contributed by atoms with E-state index in [2.05, 4.69) is 251 Å². The molecule has 2 unspecified atom stereocenters. The normalized spacial score (nSPS) is 21.5. The Morgan fingerprint density at radius 2 is 1.18 bits per heavy atom. The van der Waals surface area contributed by atoms with E-state index in [1.165, 1.54) is 115 Å². The molecule has 0 bridgehead atoms. The van der Waals surface area contributed by atoms with Crippen LogP contribution < -0.4 is 26.2 Å². The van der Waals surface area contributed by atoms with Gasteiger partial charge in [-0.3, -0.25) is 0 Å². The van der Waals surface area contributed by atoms with Gasteiger partial charge in [-0.15, -0.1) is 0 Å². The Labute approximate surface area is 477 Å². The summed E-state index contributed by atoms with van der Waals surface area (Å²) in [5, 5.41) is 2.30. The van der Waals surface area contributed by atoms with Crippen molar-refractivity contribution in [2.75, 3.05) is 9.80 Å². The standard InChI is InChI=1S/C76H81BN2O/c1-47-39-66-70-67(40-47)79(63-34-28-50(71(2,3)4)42-56(63)49-21-15-14-16-22-49)65-46-60-59(73(8,9)37-38-74(60,10)11)45-62(65)77(70)61-33-26-48(41-64(61)78(66)52-29-31-54-53-23-17-18-24-68(53)80-69(54)44-52)25-32-57-55-30-27-51(72(5,6)7)43-58(55)76(13)36-20-19-35-75(57,76)12/h14-18,21-24,26-31,33-34,39-46,57H,19-20,25,32,35-38H2,1-13H3/t57-,75?,76?/m0/s1. The fraction of sp³-hybridized carbons (Fsp3) is 0.368. The first-order valence-electron chi connectivity index (χ1n) is 30.4. The summed E-state index contributed by atoms with van der Waals surface area (Å²) < 4.78 is 6.76. The van der Waals surface area contributed by atoms with Crippen molar-refractivity contribution in [1.29, 1.82) is 0 Å². The molecule has 0 N–H and O–H groups in total. The number of hydrogen-bond acceptors (Lipinski definition) is 3. The average molecular weight is 1050 g/mol. The molecule has 4 heteroatoms. The minimum Gasteiger partial charge on any atom is -0.456 e. The first-order chi connectivity index (χ1) is 38.0. The summed E-state index contributed by atoms with van der Waals surface area (Å²) in [7, 11) is 0. The zero-order valence-electron chi connectivity index (χ0n) is 50.0. The number of hydrogen-bond donors (Lipinski definition) is 0. The maximum Gasteiger partial charge on any atom is 0.252 e. The van der Waals surface area contributed by atoms with E-state index in [0.717, 1.165) is 53.3 Å². The molecule has 5 aliphatic rings. The van der Waals surface area contributed by atoms with Gasteiger partial charge in [0.05, 0.1) is 5.69 Å². The third-order valence-corrected chi connectivity index (χ3v) is 21.3. The van der Waals surface area contributed by atoms with Crippen LogP contribution in [0.25, 0.3) is 33.1 Å². The summed E-state index contributed by atoms with van der Waals surface area (Å²) in [5.41, 5.74) is 28.1. The molecule has 0 spiro atoms. The van der Waals surface area contributed by atoms with Crippen molar-refractivity contribution in [3.8, 4) is 11.1 Å². The zero-order valence-corrected chi connectivity index (χ0v) is 50.0. The Hall–Kier alpha value is -6.78. The number of anilines is 6. The molecule has 3 heterocycles. The second kappa shape index (κ2) is 17.6. The van der Waals surface area contributed by atoms with Crippen LogP contribution in [0.5, 0.6) is 0 Å². The number of benzene rings is 8. The third kappa shape index (κ3) is 7.65. The largest absolute Gasteiger partial charge is 0.456 e. The van der Waals surface area contributed by atoms with Crippen molar-refractivity contribution in [3.63, 3.8) is 0 Å². The quantitative estimate of drug-likeness (QED) is 0.155. The van der Waals surface area contributed by atoms with E-state index in [1.807, 2.05) is 0 Å². The highest BCUT2D eigenvalue weighted by molar-refractivity contribution is 7.00. The van der Waals surface area contributed by atoms with Gasteiger partial charge in [0.1, 0.15) is 11.2 Å². The van der Waals surface area contributed by atoms with Crippen LogP contribution in [0.3, 0.4) is 0 Å². The molecule has 3 aliphatic carbocycles. The molecule has 1 fully saturated rings. The molecule has 14 rings (SSSR count). The SMILES string of the molecule is Cc1cc2c3c(c1)N(c1ccc(C(C)(C)C)cc1-c1ccccc1)c1cc4c(cc1B3c1ccc(CC[C@H]3c5ccc(C(C)(C)C)cc5C5(C)CCCCC35C)cc1N2c1ccc2c(c1)oc1ccccc12)C(C)(C)CCC4(C)C. The lowest BCUT2D eigenvalue weighted by Crippen LogP contribution is -2.62. The van der Waals surface area contributed by atoms with Crippen molar-refractivity contribution < 1.29 is 4.42 Å². The molecule has 0 saturated heterocycles. The average Bonchev–Trinajstić information content (AvgIpc) is 4.00. The molecule has 80 heavy (non-hydrogen) atoms. The molecule has 0 amide bonds. The van der Waals surface area contributed by atoms with Gasteiger partial charge in [0.2, 0.25) is 0 Å². The summed E-state index contributed by atoms with van der Waals surface area (Å²) in [6.07, 6.45) is 9.67. The van der Waals surface area contributed by atoms with E-state index < -0.39 is 0 Å². The van der Waals surface area contributed by atoms with E-state index in [9.17, 15) is 0 Å². The van der Waals surface area contributed by atoms with Gasteiger partial charge >= 0.3 is 0 Å². The van der Waals surface area contributed by atoms with Crippen LogP contribution in [-0.4, -0.2) is 6.71 Å². The molecule has 1 saturated carbocycles. The number of rotatable bonds is 6. The summed E-state index contributed by atoms with van der Waals surface area (Å²) in [6.45, 7) is 31.7. The maximum atomic E-state index is 6.76. The summed E-state index contributed by atoms with van der Waals surface area (Å²) in [6, 6.07) is 59.6. The summed E-state index contributed by atoms with van der Waals surface area (Å²) >= 11 is 0. The van der Waals surface area contributed by atoms with E-state index >= 15 is 0 Å². The van der Waals surface area contributed by atoms with E-state index in [0.29, 0.717) is 5.92 Å². The molecule has 0 radical (unpaired) electrons. The van der Waals surface area contributed by atoms with Crippen LogP contribution >= 0.6 is 0 Å². The lowest BCUT2D eigenvalue weighted by molar-refractivity contribution is 0.0763. The van der Waals surface area contributed by atoms with Crippen molar-refractivity contribution in [3.05, 3.63) is 196 Å². The van der Waals surface area contributed by atoms with E-state index in [1.54, 1.807) is 11.1 Å². The van der Waals surface area contributed by atoms with Crippen molar-refractivity contribution in [2.45, 2.75) is 174 Å². The molecular weight excluding hydrogens is 968 g/mol. The van der Waals surface area contributed by atoms with Crippen LogP contribution in [-0.2, 0) is 33.5 Å². The lowest BCUT2D eigenvalue weighted by atomic mass is 9.33. The van der Waals surface area contributed by atoms with Crippen LogP contribution in [0.15, 0.2) is 156 Å². The van der Waals surface area contributed by atoms with Crippen molar-refractivity contribution >= 4 is 79.2 Å². The van der Waals surface area contributed by atoms with Crippen LogP contribution in [0.1, 0.15) is 178 Å². The van der Waals surface area contributed by atoms with E-state index in [4.69, 9.17) is 4.42 Å². The van der Waals surface area contributed by atoms with Gasteiger partial charge in [-0.05, 0) is 205 Å². The molecule has 404 valence electrons. The van der Waals surface area contributed by atoms with Gasteiger partial charge in [0.15, 0.2) is 0 Å². The Kier molecular flexibility index (Phi) is 11.3. The number of fused-ring (bicyclic) bond motifs is 11. The van der Waals surface area contributed by atoms with Crippen LogP contribution in [0, 0.1) is 12.3 Å². The minimum absolute atomic E-state index is 0.00261. The number of para-hydroxylation sites is 1. The number of furan rings is 1. The lowest BCUT2D eigenvalue weighted by Gasteiger charge is -2.49. The Morgan fingerprint density at radius 3 is 1.93 bits per heavy atom. The molecule has 3 atom stereocenters. The third-order valence-electron chi connectivity index (χ3n) is 21.3. The Morgan fingerprint density at radius 1 is 0.525 bits per heavy atom. The minimum atomic E-state index is -0.0275. The van der Waals surface area contributed by atoms with Gasteiger partial charge in [-0.1, -0.05) is 187 Å². The fourth-order valence-electron chi connectivity index (χ4n) is 16.3. The first kappa shape index (κ1) is 51.4. The van der Waals surface area contributed by atoms with Gasteiger partial charge < -0.3 is 14.2 Å². The second-order valence-corrected chi connectivity index (χ2v) is 29.2. The molecule has 2 aliphatic heterocycles. The molecular formula is C76H81BN2O. The Balaban J connectivity index is 1.00. The number of nitrogens with zero attached hydrogens (tertiary/aromatic N) is 2. The van der Waals surface area contributed by atoms with Crippen molar-refractivity contribution in [2.24, 2.45) is 5.41 Å². The van der Waals surface area contributed by atoms with Gasteiger partial charge in [0.25, 0.3) is 6.71 Å². The second-order valence-electron chi connectivity index (χ2n) is 29.2. The van der Waals surface area contributed by atoms with E-state index in [-0.39, 0.29) is 39.2 Å². The topological polar surface area (TPSA) is 19.6 Å². The summed E-state index contributed by atoms with van der Waals surface area (Å²) in [5.74, 6) is 0.499. The monoisotopic (exact) mass is 1050 g/mol. The van der Waals surface area contributed by atoms with Crippen molar-refractivity contribution in [1.82, 2.24) is 0 Å². The highest BCUT2D eigenvalue weighted by Gasteiger charge is 2.58. The van der Waals surface area contributed by atoms with Gasteiger partial charge in [-0.2, -0.15) is 0 Å². The predicted octanol–water partition coefficient (Wildman–Crippen LogP) is 19.2. The highest BCUT2D eigenvalue weighted by Crippen LogP contribution is 2.66. The zero-order chi connectivity index (χ0) is 55.6. The smallest absolute Gasteiger partial charge is 0.252 e. The molecule has 8 aromatic carbocycles. The highest BCUT2D eigenvalue weighted by atomic mass is 16.3. The summed E-state index contributed by atoms with van der Waals surface area (Å²) in [4.78, 5) is 5.32. The Bertz CT molecular complexity index is 4010. The predicted molar refractivity (Wildman–Crippen MR) is 342 cm³/mol. The first-order valence-corrected chi connectivity index (χ1v) is 30.4. The van der Waals surface area contributed by atoms with Gasteiger partial charge in [0, 0.05) is 50.8 Å². The number of aryl methyl sites for hydroxylation is 2. The van der Waals surface area contributed by atoms with Crippen LogP contribution in [0.4, 0.5) is 34.1 Å². The molecule has 3 nitrogen and oxygen atoms in total. The molecule has 1 aromatic heterocycles. The molecule has 9 aromatic rings. The maximum absolute atomic E-state index is 6.76. The van der Waals surface area contributed by atoms with Gasteiger partial charge in [-0.25, -0.2) is 0 Å². The fourth-order valence-corrected chi connectivity index (χ4v) is 16.3.